The summed E-state index contributed by atoms with van der Waals surface area (Å²) in [6.07, 6.45) is 7.67. The molecule has 3 aromatic heterocycles. The van der Waals surface area contributed by atoms with E-state index in [4.69, 9.17) is 0 Å². The second kappa shape index (κ2) is 5.24. The minimum atomic E-state index is 0.825. The van der Waals surface area contributed by atoms with Crippen molar-refractivity contribution in [3.05, 3.63) is 54.5 Å². The number of nitrogens with zero attached hydrogens (tertiary/aromatic N) is 4. The molecule has 0 aromatic carbocycles. The number of pyridine rings is 1. The van der Waals surface area contributed by atoms with Crippen LogP contribution in [0.2, 0.25) is 0 Å². The smallest absolute Gasteiger partial charge is 0.137 e. The van der Waals surface area contributed by atoms with E-state index in [9.17, 15) is 0 Å². The van der Waals surface area contributed by atoms with Gasteiger partial charge in [-0.25, -0.2) is 9.97 Å². The Kier molecular flexibility index (Phi) is 3.29. The first-order chi connectivity index (χ1) is 9.34. The molecule has 3 rings (SSSR count). The van der Waals surface area contributed by atoms with E-state index in [2.05, 4.69) is 37.4 Å². The van der Waals surface area contributed by atoms with Gasteiger partial charge in [0, 0.05) is 38.2 Å². The van der Waals surface area contributed by atoms with E-state index in [0.717, 1.165) is 31.0 Å². The Hall–Kier alpha value is -2.14. The highest BCUT2D eigenvalue weighted by Crippen LogP contribution is 2.11. The van der Waals surface area contributed by atoms with Gasteiger partial charge in [0.15, 0.2) is 0 Å². The van der Waals surface area contributed by atoms with E-state index < -0.39 is 0 Å². The topological polar surface area (TPSA) is 47.1 Å². The lowest BCUT2D eigenvalue weighted by Gasteiger charge is -2.06. The van der Waals surface area contributed by atoms with Gasteiger partial charge in [-0.1, -0.05) is 6.07 Å². The molecule has 0 saturated carbocycles. The van der Waals surface area contributed by atoms with Crippen LogP contribution in [0, 0.1) is 6.92 Å². The molecule has 0 aliphatic heterocycles. The molecule has 19 heavy (non-hydrogen) atoms. The van der Waals surface area contributed by atoms with Crippen molar-refractivity contribution in [3.63, 3.8) is 0 Å². The van der Waals surface area contributed by atoms with Gasteiger partial charge in [0.05, 0.1) is 17.7 Å². The molecule has 0 bridgehead atoms. The lowest BCUT2D eigenvalue weighted by atomic mass is 10.3. The van der Waals surface area contributed by atoms with Crippen molar-refractivity contribution < 1.29 is 0 Å². The standard InChI is InChI=1S/C14H17N5/c1-12-13(19-7-3-2-4-14(19)17-12)10-15-5-8-18-9-6-16-11-18/h2-4,6-7,9,11,15H,5,8,10H2,1H3. The summed E-state index contributed by atoms with van der Waals surface area (Å²) >= 11 is 0. The number of nitrogens with one attached hydrogen (secondary N) is 1. The van der Waals surface area contributed by atoms with Crippen LogP contribution in [-0.2, 0) is 13.1 Å². The summed E-state index contributed by atoms with van der Waals surface area (Å²) in [4.78, 5) is 8.58. The monoisotopic (exact) mass is 255 g/mol. The van der Waals surface area contributed by atoms with Crippen molar-refractivity contribution in [2.24, 2.45) is 0 Å². The molecule has 3 heterocycles. The van der Waals surface area contributed by atoms with Gasteiger partial charge in [-0.2, -0.15) is 0 Å². The molecule has 0 unspecified atom stereocenters. The lowest BCUT2D eigenvalue weighted by molar-refractivity contribution is 0.589. The molecule has 5 nitrogen and oxygen atoms in total. The van der Waals surface area contributed by atoms with Gasteiger partial charge in [0.2, 0.25) is 0 Å². The van der Waals surface area contributed by atoms with Crippen LogP contribution in [0.25, 0.3) is 5.65 Å². The van der Waals surface area contributed by atoms with E-state index in [1.807, 2.05) is 30.7 Å². The predicted molar refractivity (Wildman–Crippen MR) is 73.9 cm³/mol. The first-order valence-electron chi connectivity index (χ1n) is 6.43. The number of fused-ring (bicyclic) bond motifs is 1. The van der Waals surface area contributed by atoms with Crippen molar-refractivity contribution in [1.82, 2.24) is 24.3 Å². The number of aryl methyl sites for hydroxylation is 1. The van der Waals surface area contributed by atoms with Gasteiger partial charge in [-0.05, 0) is 19.1 Å². The van der Waals surface area contributed by atoms with Crippen molar-refractivity contribution in [3.8, 4) is 0 Å². The zero-order valence-electron chi connectivity index (χ0n) is 11.0. The normalized spacial score (nSPS) is 11.2. The van der Waals surface area contributed by atoms with Gasteiger partial charge in [-0.15, -0.1) is 0 Å². The van der Waals surface area contributed by atoms with Crippen LogP contribution in [0.15, 0.2) is 43.1 Å². The SMILES string of the molecule is Cc1nc2ccccn2c1CNCCn1ccnc1. The average Bonchev–Trinajstić information content (AvgIpc) is 3.02. The predicted octanol–water partition coefficient (Wildman–Crippen LogP) is 1.63. The second-order valence-corrected chi connectivity index (χ2v) is 4.55. The van der Waals surface area contributed by atoms with E-state index >= 15 is 0 Å². The number of aromatic nitrogens is 4. The Morgan fingerprint density at radius 2 is 2.21 bits per heavy atom. The summed E-state index contributed by atoms with van der Waals surface area (Å²) in [6, 6.07) is 6.07. The molecule has 98 valence electrons. The lowest BCUT2D eigenvalue weighted by Crippen LogP contribution is -2.20. The third-order valence-corrected chi connectivity index (χ3v) is 3.23. The maximum atomic E-state index is 4.55. The van der Waals surface area contributed by atoms with E-state index in [0.29, 0.717) is 0 Å². The first kappa shape index (κ1) is 11.9. The Balaban J connectivity index is 1.63. The second-order valence-electron chi connectivity index (χ2n) is 4.55. The molecule has 1 N–H and O–H groups in total. The summed E-state index contributed by atoms with van der Waals surface area (Å²) in [5, 5.41) is 3.45. The van der Waals surface area contributed by atoms with Crippen LogP contribution in [0.3, 0.4) is 0 Å². The Labute approximate surface area is 111 Å². The number of rotatable bonds is 5. The van der Waals surface area contributed by atoms with Crippen molar-refractivity contribution in [1.29, 1.82) is 0 Å². The van der Waals surface area contributed by atoms with Gasteiger partial charge < -0.3 is 14.3 Å². The molecule has 0 aliphatic rings. The van der Waals surface area contributed by atoms with Crippen molar-refractivity contribution >= 4 is 5.65 Å². The third-order valence-electron chi connectivity index (χ3n) is 3.23. The van der Waals surface area contributed by atoms with Crippen molar-refractivity contribution in [2.75, 3.05) is 6.54 Å². The van der Waals surface area contributed by atoms with E-state index in [1.54, 1.807) is 6.20 Å². The van der Waals surface area contributed by atoms with Crippen LogP contribution >= 0.6 is 0 Å². The van der Waals surface area contributed by atoms with Gasteiger partial charge in [0.1, 0.15) is 5.65 Å². The molecule has 0 amide bonds. The van der Waals surface area contributed by atoms with Crippen molar-refractivity contribution in [2.45, 2.75) is 20.0 Å². The highest BCUT2D eigenvalue weighted by molar-refractivity contribution is 5.42. The fourth-order valence-corrected chi connectivity index (χ4v) is 2.21. The van der Waals surface area contributed by atoms with Crippen LogP contribution in [-0.4, -0.2) is 25.5 Å². The first-order valence-corrected chi connectivity index (χ1v) is 6.43. The van der Waals surface area contributed by atoms with Crippen LogP contribution < -0.4 is 5.32 Å². The summed E-state index contributed by atoms with van der Waals surface area (Å²) in [7, 11) is 0. The van der Waals surface area contributed by atoms with Gasteiger partial charge in [-0.3, -0.25) is 0 Å². The van der Waals surface area contributed by atoms with E-state index in [-0.39, 0.29) is 0 Å². The zero-order valence-corrected chi connectivity index (χ0v) is 11.0. The zero-order chi connectivity index (χ0) is 13.1. The number of hydrogen-bond donors (Lipinski definition) is 1. The maximum absolute atomic E-state index is 4.55. The Morgan fingerprint density at radius 1 is 1.26 bits per heavy atom. The minimum Gasteiger partial charge on any atom is -0.336 e. The Morgan fingerprint density at radius 3 is 3.05 bits per heavy atom. The van der Waals surface area contributed by atoms with Crippen LogP contribution in [0.1, 0.15) is 11.4 Å². The molecule has 0 aliphatic carbocycles. The fraction of sp³-hybridized carbons (Fsp3) is 0.286. The highest BCUT2D eigenvalue weighted by Gasteiger charge is 2.06. The molecule has 5 heteroatoms. The van der Waals surface area contributed by atoms with Gasteiger partial charge >= 0.3 is 0 Å². The molecule has 0 spiro atoms. The Bertz CT molecular complexity index is 654. The average molecular weight is 255 g/mol. The third kappa shape index (κ3) is 2.51. The molecular weight excluding hydrogens is 238 g/mol. The fourth-order valence-electron chi connectivity index (χ4n) is 2.21. The largest absolute Gasteiger partial charge is 0.336 e. The summed E-state index contributed by atoms with van der Waals surface area (Å²) < 4.78 is 4.20. The van der Waals surface area contributed by atoms with Gasteiger partial charge in [0.25, 0.3) is 0 Å². The molecule has 0 fully saturated rings. The molecular formula is C14H17N5. The summed E-state index contributed by atoms with van der Waals surface area (Å²) in [6.45, 7) is 4.72. The van der Waals surface area contributed by atoms with Crippen LogP contribution in [0.5, 0.6) is 0 Å². The minimum absolute atomic E-state index is 0.825. The van der Waals surface area contributed by atoms with E-state index in [1.165, 1.54) is 5.69 Å². The number of hydrogen-bond acceptors (Lipinski definition) is 3. The summed E-state index contributed by atoms with van der Waals surface area (Å²) in [5.74, 6) is 0. The molecule has 0 saturated heterocycles. The quantitative estimate of drug-likeness (QED) is 0.705. The highest BCUT2D eigenvalue weighted by atomic mass is 15.1. The summed E-state index contributed by atoms with van der Waals surface area (Å²) in [5.41, 5.74) is 3.31. The number of imidazole rings is 2. The maximum Gasteiger partial charge on any atom is 0.137 e. The molecule has 0 atom stereocenters. The van der Waals surface area contributed by atoms with Crippen LogP contribution in [0.4, 0.5) is 0 Å². The molecule has 0 radical (unpaired) electrons. The molecule has 3 aromatic rings.